The van der Waals surface area contributed by atoms with Crippen LogP contribution in [-0.2, 0) is 20.2 Å². The van der Waals surface area contributed by atoms with Gasteiger partial charge in [-0.05, 0) is 115 Å². The molecule has 9 rings (SSSR count). The number of likely N-dealkylation sites (N-methyl/N-ethyl adjacent to an activating group) is 1. The Morgan fingerprint density at radius 2 is 0.762 bits per heavy atom. The Hall–Kier alpha value is -6.10. The highest BCUT2D eigenvalue weighted by molar-refractivity contribution is 7.86. The van der Waals surface area contributed by atoms with Gasteiger partial charge in [-0.2, -0.15) is 16.8 Å². The summed E-state index contributed by atoms with van der Waals surface area (Å²) >= 11 is 0. The topological polar surface area (TPSA) is 183 Å². The first kappa shape index (κ1) is 44.9. The van der Waals surface area contributed by atoms with E-state index in [1.54, 1.807) is 24.3 Å². The number of hydrogen-bond acceptors (Lipinski definition) is 8. The molecule has 0 saturated carbocycles. The third kappa shape index (κ3) is 8.18. The van der Waals surface area contributed by atoms with Crippen LogP contribution in [0.3, 0.4) is 0 Å². The highest BCUT2D eigenvalue weighted by atomic mass is 32.2. The van der Waals surface area contributed by atoms with Gasteiger partial charge in [0.2, 0.25) is 0 Å². The van der Waals surface area contributed by atoms with Gasteiger partial charge in [0.05, 0.1) is 43.0 Å². The second-order valence-electron chi connectivity index (χ2n) is 16.2. The fourth-order valence-electron chi connectivity index (χ4n) is 8.30. The normalized spacial score (nSPS) is 14.1. The molecule has 7 aromatic carbocycles. The molecule has 0 bridgehead atoms. The number of carbonyl (C=O) groups excluding carboxylic acids is 4. The van der Waals surface area contributed by atoms with E-state index in [1.165, 1.54) is 34.1 Å². The van der Waals surface area contributed by atoms with Crippen molar-refractivity contribution in [2.45, 2.75) is 50.8 Å². The van der Waals surface area contributed by atoms with Crippen molar-refractivity contribution < 1.29 is 49.6 Å². The highest BCUT2D eigenvalue weighted by Crippen LogP contribution is 2.46. The molecule has 0 fully saturated rings. The lowest BCUT2D eigenvalue weighted by Gasteiger charge is -2.35. The van der Waals surface area contributed by atoms with Crippen LogP contribution < -0.4 is 0 Å². The van der Waals surface area contributed by atoms with E-state index in [4.69, 9.17) is 9.11 Å². The summed E-state index contributed by atoms with van der Waals surface area (Å²) in [5, 5.41) is 6.75. The molecular weight excluding hydrogens is 843 g/mol. The highest BCUT2D eigenvalue weighted by Gasteiger charge is 2.37. The third-order valence-electron chi connectivity index (χ3n) is 12.3. The summed E-state index contributed by atoms with van der Waals surface area (Å²) in [6, 6.07) is 27.1. The predicted octanol–water partition coefficient (Wildman–Crippen LogP) is 8.31. The summed E-state index contributed by atoms with van der Waals surface area (Å²) in [5.41, 5.74) is 4.06. The van der Waals surface area contributed by atoms with E-state index < -0.39 is 20.2 Å². The van der Waals surface area contributed by atoms with Crippen LogP contribution in [-0.4, -0.2) is 104 Å². The van der Waals surface area contributed by atoms with Crippen LogP contribution in [0, 0.1) is 13.8 Å². The van der Waals surface area contributed by atoms with Gasteiger partial charge < -0.3 is 4.48 Å². The number of quaternary nitrogens is 1. The SMILES string of the molecule is CCCN1C(=O)c2ccc3c4ccc5c6c(ccc(c7ccc(c2c37)C1=O)c64)C(=O)N(CC[N+](C)(CC)CC)C5=O.Cc1ccc(S(=O)(=O)O)cc1.Cc1ccc(S(=O)(=O)O)cc1. The van der Waals surface area contributed by atoms with E-state index in [-0.39, 0.29) is 33.4 Å². The minimum absolute atomic E-state index is 0.0666. The number of hydrogen-bond donors (Lipinski definition) is 2. The first-order valence-electron chi connectivity index (χ1n) is 20.6. The van der Waals surface area contributed by atoms with Gasteiger partial charge in [-0.15, -0.1) is 0 Å². The molecule has 0 unspecified atom stereocenters. The summed E-state index contributed by atoms with van der Waals surface area (Å²) in [5.74, 6) is -1.04. The van der Waals surface area contributed by atoms with Crippen molar-refractivity contribution in [2.75, 3.05) is 39.8 Å². The molecule has 0 aliphatic carbocycles. The zero-order chi connectivity index (χ0) is 45.8. The molecule has 7 aromatic rings. The number of nitrogens with zero attached hydrogens (tertiary/aromatic N) is 3. The van der Waals surface area contributed by atoms with Crippen molar-refractivity contribution in [3.05, 3.63) is 130 Å². The Morgan fingerprint density at radius 3 is 1.03 bits per heavy atom. The van der Waals surface area contributed by atoms with Crippen molar-refractivity contribution in [1.29, 1.82) is 0 Å². The summed E-state index contributed by atoms with van der Waals surface area (Å²) in [6.45, 7) is 13.2. The average Bonchev–Trinajstić information content (AvgIpc) is 3.25. The fraction of sp³-hybridized carbons (Fsp3) is 0.250. The van der Waals surface area contributed by atoms with Gasteiger partial charge in [-0.3, -0.25) is 38.1 Å². The Bertz CT molecular complexity index is 3020. The molecule has 13 nitrogen and oxygen atoms in total. The molecule has 0 saturated heterocycles. The molecule has 0 spiro atoms. The number of aryl methyl sites for hydroxylation is 2. The Balaban J connectivity index is 0.000000221. The van der Waals surface area contributed by atoms with Crippen LogP contribution >= 0.6 is 0 Å². The molecule has 0 aromatic heterocycles. The van der Waals surface area contributed by atoms with Gasteiger partial charge >= 0.3 is 0 Å². The quantitative estimate of drug-likeness (QED) is 0.0470. The smallest absolute Gasteiger partial charge is 0.294 e. The molecule has 2 aliphatic heterocycles. The van der Waals surface area contributed by atoms with Crippen LogP contribution in [0.4, 0.5) is 0 Å². The molecule has 15 heteroatoms. The minimum atomic E-state index is -4.02. The summed E-state index contributed by atoms with van der Waals surface area (Å²) in [4.78, 5) is 56.9. The van der Waals surface area contributed by atoms with Gasteiger partial charge in [-0.25, -0.2) is 0 Å². The predicted molar refractivity (Wildman–Crippen MR) is 243 cm³/mol. The van der Waals surface area contributed by atoms with Crippen molar-refractivity contribution in [2.24, 2.45) is 0 Å². The Kier molecular flexibility index (Phi) is 12.0. The largest absolute Gasteiger partial charge is 0.325 e. The minimum Gasteiger partial charge on any atom is -0.325 e. The number of carbonyl (C=O) groups is 4. The second kappa shape index (κ2) is 16.9. The Labute approximate surface area is 365 Å². The van der Waals surface area contributed by atoms with Crippen LogP contribution in [0.25, 0.3) is 43.1 Å². The molecule has 0 radical (unpaired) electrons. The van der Waals surface area contributed by atoms with Crippen molar-refractivity contribution >= 4 is 87.0 Å². The maximum absolute atomic E-state index is 13.8. The molecule has 326 valence electrons. The Morgan fingerprint density at radius 1 is 0.460 bits per heavy atom. The van der Waals surface area contributed by atoms with E-state index in [0.29, 0.717) is 59.1 Å². The van der Waals surface area contributed by atoms with Crippen LogP contribution in [0.2, 0.25) is 0 Å². The van der Waals surface area contributed by atoms with Gasteiger partial charge in [0.25, 0.3) is 43.9 Å². The standard InChI is InChI=1S/C34H32N3O4.2C7H8O3S/c1-5-16-35-31(38)23-12-8-19-21-10-14-25-30-26(34(41)36(33(25)40)17-18-37(4,6-2)7-3)15-11-22(28(21)30)20-9-13-24(32(35)39)29(23)27(19)20;2*1-6-2-4-7(5-3-6)11(8,9)10/h8-15H,5-7,16-18H2,1-4H3;2*2-5H,1H3,(H,8,9,10)/q+1;;. The van der Waals surface area contributed by atoms with Crippen molar-refractivity contribution in [1.82, 2.24) is 9.80 Å². The summed E-state index contributed by atoms with van der Waals surface area (Å²) in [7, 11) is -5.89. The molecule has 0 atom stereocenters. The first-order valence-corrected chi connectivity index (χ1v) is 23.5. The van der Waals surface area contributed by atoms with Gasteiger partial charge in [-0.1, -0.05) is 66.6 Å². The third-order valence-corrected chi connectivity index (χ3v) is 14.0. The monoisotopic (exact) mass is 890 g/mol. The maximum atomic E-state index is 13.8. The summed E-state index contributed by atoms with van der Waals surface area (Å²) < 4.78 is 59.9. The lowest BCUT2D eigenvalue weighted by atomic mass is 9.82. The van der Waals surface area contributed by atoms with Gasteiger partial charge in [0.15, 0.2) is 0 Å². The molecule has 2 heterocycles. The van der Waals surface area contributed by atoms with Gasteiger partial charge in [0, 0.05) is 39.6 Å². The van der Waals surface area contributed by atoms with Crippen molar-refractivity contribution in [3.8, 4) is 0 Å². The number of fused-ring (bicyclic) bond motifs is 2. The van der Waals surface area contributed by atoms with Crippen LogP contribution in [0.5, 0.6) is 0 Å². The molecule has 2 N–H and O–H groups in total. The second-order valence-corrected chi connectivity index (χ2v) is 19.1. The fourth-order valence-corrected chi connectivity index (χ4v) is 9.26. The molecule has 4 amide bonds. The number of benzene rings is 7. The number of imide groups is 2. The van der Waals surface area contributed by atoms with Crippen LogP contribution in [0.1, 0.15) is 79.8 Å². The van der Waals surface area contributed by atoms with E-state index in [1.807, 2.05) is 69.3 Å². The zero-order valence-electron chi connectivity index (χ0n) is 35.8. The van der Waals surface area contributed by atoms with Crippen molar-refractivity contribution in [3.63, 3.8) is 0 Å². The number of amides is 4. The van der Waals surface area contributed by atoms with E-state index in [9.17, 15) is 36.0 Å². The zero-order valence-corrected chi connectivity index (χ0v) is 37.4. The van der Waals surface area contributed by atoms with E-state index >= 15 is 0 Å². The van der Waals surface area contributed by atoms with Gasteiger partial charge in [0.1, 0.15) is 0 Å². The lowest BCUT2D eigenvalue weighted by molar-refractivity contribution is -0.905. The molecule has 2 aliphatic rings. The molecular formula is C48H48N3O10S2+. The lowest BCUT2D eigenvalue weighted by Crippen LogP contribution is -2.51. The first-order chi connectivity index (χ1) is 29.7. The number of rotatable bonds is 9. The molecule has 63 heavy (non-hydrogen) atoms. The average molecular weight is 891 g/mol. The van der Waals surface area contributed by atoms with Crippen LogP contribution in [0.15, 0.2) is 107 Å². The van der Waals surface area contributed by atoms with E-state index in [2.05, 4.69) is 20.9 Å². The maximum Gasteiger partial charge on any atom is 0.294 e. The van der Waals surface area contributed by atoms with E-state index in [0.717, 1.165) is 61.0 Å². The summed E-state index contributed by atoms with van der Waals surface area (Å²) in [6.07, 6.45) is 0.691.